The molecule has 1 saturated heterocycles. The minimum absolute atomic E-state index is 0.157. The number of morpholine rings is 1. The van der Waals surface area contributed by atoms with Gasteiger partial charge in [0, 0.05) is 13.1 Å². The molecule has 3 rings (SSSR count). The van der Waals surface area contributed by atoms with Gasteiger partial charge in [0.15, 0.2) is 0 Å². The van der Waals surface area contributed by atoms with E-state index in [1.807, 2.05) is 0 Å². The van der Waals surface area contributed by atoms with E-state index in [4.69, 9.17) is 4.74 Å². The SMILES string of the molecule is C[C@H](NC(=O)c1cc(S(=O)(=O)N2CCOCC2)ccc1F)c1ccc(F)cc1. The maximum atomic E-state index is 14.2. The van der Waals surface area contributed by atoms with Gasteiger partial charge in [-0.3, -0.25) is 4.79 Å². The number of halogens is 2. The number of nitrogens with one attached hydrogen (secondary N) is 1. The second kappa shape index (κ2) is 8.34. The van der Waals surface area contributed by atoms with Crippen molar-refractivity contribution in [3.8, 4) is 0 Å². The van der Waals surface area contributed by atoms with Crippen LogP contribution < -0.4 is 5.32 Å². The van der Waals surface area contributed by atoms with Gasteiger partial charge < -0.3 is 10.1 Å². The number of benzene rings is 2. The molecule has 28 heavy (non-hydrogen) atoms. The van der Waals surface area contributed by atoms with Gasteiger partial charge in [-0.25, -0.2) is 17.2 Å². The fourth-order valence-corrected chi connectivity index (χ4v) is 4.32. The first kappa shape index (κ1) is 20.4. The lowest BCUT2D eigenvalue weighted by atomic mass is 10.1. The van der Waals surface area contributed by atoms with E-state index >= 15 is 0 Å². The van der Waals surface area contributed by atoms with Gasteiger partial charge in [-0.2, -0.15) is 4.31 Å². The molecule has 0 unspecified atom stereocenters. The van der Waals surface area contributed by atoms with E-state index in [9.17, 15) is 22.0 Å². The van der Waals surface area contributed by atoms with Crippen LogP contribution >= 0.6 is 0 Å². The quantitative estimate of drug-likeness (QED) is 0.822. The van der Waals surface area contributed by atoms with E-state index in [2.05, 4.69) is 5.32 Å². The Morgan fingerprint density at radius 2 is 1.75 bits per heavy atom. The van der Waals surface area contributed by atoms with Crippen molar-refractivity contribution in [1.29, 1.82) is 0 Å². The Morgan fingerprint density at radius 3 is 2.39 bits per heavy atom. The van der Waals surface area contributed by atoms with Gasteiger partial charge in [0.1, 0.15) is 11.6 Å². The molecule has 1 amide bonds. The number of carbonyl (C=O) groups excluding carboxylic acids is 1. The van der Waals surface area contributed by atoms with Crippen molar-refractivity contribution in [3.63, 3.8) is 0 Å². The van der Waals surface area contributed by atoms with E-state index in [-0.39, 0.29) is 36.8 Å². The summed E-state index contributed by atoms with van der Waals surface area (Å²) in [6, 6.07) is 8.15. The molecule has 0 aromatic heterocycles. The highest BCUT2D eigenvalue weighted by Crippen LogP contribution is 2.21. The Labute approximate surface area is 162 Å². The molecule has 1 aliphatic rings. The molecule has 2 aromatic rings. The van der Waals surface area contributed by atoms with Crippen LogP contribution in [0.2, 0.25) is 0 Å². The Kier molecular flexibility index (Phi) is 6.07. The number of sulfonamides is 1. The molecule has 9 heteroatoms. The van der Waals surface area contributed by atoms with Crippen molar-refractivity contribution in [1.82, 2.24) is 9.62 Å². The highest BCUT2D eigenvalue weighted by atomic mass is 32.2. The molecule has 1 heterocycles. The third kappa shape index (κ3) is 4.37. The molecule has 2 aromatic carbocycles. The fourth-order valence-electron chi connectivity index (χ4n) is 2.88. The Morgan fingerprint density at radius 1 is 1.11 bits per heavy atom. The van der Waals surface area contributed by atoms with Gasteiger partial charge in [0.2, 0.25) is 10.0 Å². The van der Waals surface area contributed by atoms with Crippen LogP contribution in [0.5, 0.6) is 0 Å². The van der Waals surface area contributed by atoms with Crippen molar-refractivity contribution in [2.75, 3.05) is 26.3 Å². The lowest BCUT2D eigenvalue weighted by Crippen LogP contribution is -2.40. The average Bonchev–Trinajstić information content (AvgIpc) is 2.69. The number of nitrogens with zero attached hydrogens (tertiary/aromatic N) is 1. The molecule has 0 spiro atoms. The first-order valence-corrected chi connectivity index (χ1v) is 10.2. The number of carbonyl (C=O) groups is 1. The first-order valence-electron chi connectivity index (χ1n) is 8.73. The number of hydrogen-bond donors (Lipinski definition) is 1. The van der Waals surface area contributed by atoms with E-state index in [0.29, 0.717) is 5.56 Å². The topological polar surface area (TPSA) is 75.7 Å². The predicted octanol–water partition coefficient (Wildman–Crippen LogP) is 2.48. The van der Waals surface area contributed by atoms with Crippen LogP contribution in [0.3, 0.4) is 0 Å². The third-order valence-corrected chi connectivity index (χ3v) is 6.40. The van der Waals surface area contributed by atoms with Gasteiger partial charge >= 0.3 is 0 Å². The van der Waals surface area contributed by atoms with Gasteiger partial charge in [-0.1, -0.05) is 12.1 Å². The molecule has 1 N–H and O–H groups in total. The van der Waals surface area contributed by atoms with Crippen LogP contribution in [0.15, 0.2) is 47.4 Å². The third-order valence-electron chi connectivity index (χ3n) is 4.51. The lowest BCUT2D eigenvalue weighted by molar-refractivity contribution is 0.0730. The van der Waals surface area contributed by atoms with Gasteiger partial charge in [-0.15, -0.1) is 0 Å². The minimum Gasteiger partial charge on any atom is -0.379 e. The molecule has 1 aliphatic heterocycles. The maximum Gasteiger partial charge on any atom is 0.254 e. The lowest BCUT2D eigenvalue weighted by Gasteiger charge is -2.26. The van der Waals surface area contributed by atoms with Crippen molar-refractivity contribution in [3.05, 3.63) is 65.2 Å². The molecule has 0 bridgehead atoms. The van der Waals surface area contributed by atoms with Crippen LogP contribution in [0, 0.1) is 11.6 Å². The fraction of sp³-hybridized carbons (Fsp3) is 0.316. The largest absolute Gasteiger partial charge is 0.379 e. The monoisotopic (exact) mass is 410 g/mol. The normalized spacial score (nSPS) is 16.5. The smallest absolute Gasteiger partial charge is 0.254 e. The zero-order valence-electron chi connectivity index (χ0n) is 15.2. The second-order valence-electron chi connectivity index (χ2n) is 6.40. The maximum absolute atomic E-state index is 14.2. The molecule has 1 fully saturated rings. The van der Waals surface area contributed by atoms with E-state index in [0.717, 1.165) is 18.2 Å². The summed E-state index contributed by atoms with van der Waals surface area (Å²) in [5, 5.41) is 2.60. The molecule has 150 valence electrons. The molecule has 1 atom stereocenters. The highest BCUT2D eigenvalue weighted by molar-refractivity contribution is 7.89. The summed E-state index contributed by atoms with van der Waals surface area (Å²) >= 11 is 0. The Hall–Kier alpha value is -2.36. The summed E-state index contributed by atoms with van der Waals surface area (Å²) in [6.45, 7) is 2.62. The summed E-state index contributed by atoms with van der Waals surface area (Å²) in [6.07, 6.45) is 0. The van der Waals surface area contributed by atoms with Crippen molar-refractivity contribution < 1.29 is 26.7 Å². The molecule has 0 saturated carbocycles. The van der Waals surface area contributed by atoms with E-state index < -0.39 is 33.6 Å². The minimum atomic E-state index is -3.86. The number of ether oxygens (including phenoxy) is 1. The van der Waals surface area contributed by atoms with Crippen molar-refractivity contribution in [2.24, 2.45) is 0 Å². The van der Waals surface area contributed by atoms with Crippen LogP contribution in [0.1, 0.15) is 28.9 Å². The van der Waals surface area contributed by atoms with Gasteiger partial charge in [0.25, 0.3) is 5.91 Å². The van der Waals surface area contributed by atoms with E-state index in [1.54, 1.807) is 6.92 Å². The van der Waals surface area contributed by atoms with Crippen LogP contribution in [0.4, 0.5) is 8.78 Å². The average molecular weight is 410 g/mol. The van der Waals surface area contributed by atoms with E-state index in [1.165, 1.54) is 28.6 Å². The zero-order valence-corrected chi connectivity index (χ0v) is 16.0. The number of hydrogen-bond acceptors (Lipinski definition) is 4. The predicted molar refractivity (Wildman–Crippen MR) is 98.3 cm³/mol. The summed E-state index contributed by atoms with van der Waals surface area (Å²) in [7, 11) is -3.86. The summed E-state index contributed by atoms with van der Waals surface area (Å²) in [4.78, 5) is 12.4. The van der Waals surface area contributed by atoms with Gasteiger partial charge in [-0.05, 0) is 42.8 Å². The Balaban J connectivity index is 1.82. The first-order chi connectivity index (χ1) is 13.3. The molecular formula is C19H20F2N2O4S. The summed E-state index contributed by atoms with van der Waals surface area (Å²) in [5.41, 5.74) is 0.260. The van der Waals surface area contributed by atoms with Crippen LogP contribution in [0.25, 0.3) is 0 Å². The number of amides is 1. The second-order valence-corrected chi connectivity index (χ2v) is 8.34. The van der Waals surface area contributed by atoms with Crippen LogP contribution in [-0.4, -0.2) is 44.9 Å². The van der Waals surface area contributed by atoms with Crippen molar-refractivity contribution in [2.45, 2.75) is 17.9 Å². The zero-order chi connectivity index (χ0) is 20.3. The molecular weight excluding hydrogens is 390 g/mol. The standard InChI is InChI=1S/C19H20F2N2O4S/c1-13(14-2-4-15(20)5-3-14)22-19(24)17-12-16(6-7-18(17)21)28(25,26)23-8-10-27-11-9-23/h2-7,12-13H,8-11H2,1H3,(H,22,24)/t13-/m0/s1. The van der Waals surface area contributed by atoms with Crippen LogP contribution in [-0.2, 0) is 14.8 Å². The molecule has 0 radical (unpaired) electrons. The molecule has 6 nitrogen and oxygen atoms in total. The summed E-state index contributed by atoms with van der Waals surface area (Å²) < 4.78 is 59.1. The highest BCUT2D eigenvalue weighted by Gasteiger charge is 2.28. The van der Waals surface area contributed by atoms with Crippen molar-refractivity contribution >= 4 is 15.9 Å². The summed E-state index contributed by atoms with van der Waals surface area (Å²) in [5.74, 6) is -1.99. The van der Waals surface area contributed by atoms with Gasteiger partial charge in [0.05, 0.1) is 29.7 Å². The number of rotatable bonds is 5. The molecule has 0 aliphatic carbocycles. The Bertz CT molecular complexity index is 958.